The highest BCUT2D eigenvalue weighted by atomic mass is 35.5. The molecule has 0 saturated carbocycles. The minimum absolute atomic E-state index is 0.334. The summed E-state index contributed by atoms with van der Waals surface area (Å²) >= 11 is 12.6. The summed E-state index contributed by atoms with van der Waals surface area (Å²) in [5.41, 5.74) is 3.04. The van der Waals surface area contributed by atoms with E-state index < -0.39 is 0 Å². The Balaban J connectivity index is 1.37. The first-order valence-corrected chi connectivity index (χ1v) is 12.6. The van der Waals surface area contributed by atoms with Gasteiger partial charge >= 0.3 is 0 Å². The average Bonchev–Trinajstić information content (AvgIpc) is 2.87. The maximum absolute atomic E-state index is 13.2. The smallest absolute Gasteiger partial charge is 0.282 e. The first-order valence-electron chi connectivity index (χ1n) is 11.8. The van der Waals surface area contributed by atoms with Crippen LogP contribution in [-0.4, -0.2) is 57.9 Å². The Morgan fingerprint density at radius 3 is 2.33 bits per heavy atom. The summed E-state index contributed by atoms with van der Waals surface area (Å²) in [5.74, 6) is 0.389. The van der Waals surface area contributed by atoms with Gasteiger partial charge in [0.05, 0.1) is 21.1 Å². The molecule has 186 valence electrons. The summed E-state index contributed by atoms with van der Waals surface area (Å²) in [7, 11) is 4.30. The molecule has 0 amide bonds. The lowest BCUT2D eigenvalue weighted by atomic mass is 10.0. The zero-order valence-electron chi connectivity index (χ0n) is 20.4. The number of fused-ring (bicyclic) bond motifs is 1. The number of para-hydroxylation sites is 1. The van der Waals surface area contributed by atoms with E-state index in [9.17, 15) is 4.79 Å². The fourth-order valence-electron chi connectivity index (χ4n) is 4.60. The van der Waals surface area contributed by atoms with Crippen LogP contribution in [0.15, 0.2) is 53.5 Å². The lowest BCUT2D eigenvalue weighted by Crippen LogP contribution is -2.41. The predicted octanol–water partition coefficient (Wildman–Crippen LogP) is 5.06. The number of halogens is 2. The molecule has 5 rings (SSSR count). The molecule has 1 aliphatic rings. The van der Waals surface area contributed by atoms with Crippen molar-refractivity contribution in [1.82, 2.24) is 24.6 Å². The quantitative estimate of drug-likeness (QED) is 0.391. The topological polar surface area (TPSA) is 79.2 Å². The van der Waals surface area contributed by atoms with E-state index in [1.807, 2.05) is 12.1 Å². The summed E-state index contributed by atoms with van der Waals surface area (Å²) in [6, 6.07) is 13.9. The Morgan fingerprint density at radius 2 is 1.69 bits per heavy atom. The van der Waals surface area contributed by atoms with Crippen molar-refractivity contribution < 1.29 is 0 Å². The van der Waals surface area contributed by atoms with Crippen LogP contribution in [0.5, 0.6) is 0 Å². The maximum Gasteiger partial charge on any atom is 0.282 e. The molecule has 0 atom stereocenters. The Labute approximate surface area is 219 Å². The highest BCUT2D eigenvalue weighted by Gasteiger charge is 2.21. The van der Waals surface area contributed by atoms with Gasteiger partial charge in [0.25, 0.3) is 5.56 Å². The lowest BCUT2D eigenvalue weighted by molar-refractivity contribution is 0.249. The number of piperidine rings is 1. The molecule has 1 N–H and O–H groups in total. The molecule has 1 aliphatic heterocycles. The van der Waals surface area contributed by atoms with Crippen molar-refractivity contribution in [3.8, 4) is 5.69 Å². The molecule has 36 heavy (non-hydrogen) atoms. The molecule has 3 heterocycles. The van der Waals surface area contributed by atoms with Gasteiger partial charge in [0.1, 0.15) is 11.2 Å². The van der Waals surface area contributed by atoms with Crippen molar-refractivity contribution in [2.75, 3.05) is 37.4 Å². The van der Waals surface area contributed by atoms with Gasteiger partial charge in [-0.15, -0.1) is 0 Å². The van der Waals surface area contributed by atoms with Gasteiger partial charge in [0.2, 0.25) is 5.95 Å². The van der Waals surface area contributed by atoms with Gasteiger partial charge in [-0.25, -0.2) is 9.97 Å². The normalized spacial score (nSPS) is 14.6. The first kappa shape index (κ1) is 24.5. The minimum atomic E-state index is -0.389. The van der Waals surface area contributed by atoms with Crippen LogP contribution < -0.4 is 15.8 Å². The number of rotatable bonds is 5. The van der Waals surface area contributed by atoms with E-state index in [1.165, 1.54) is 16.6 Å². The van der Waals surface area contributed by atoms with Crippen LogP contribution >= 0.6 is 23.2 Å². The van der Waals surface area contributed by atoms with Crippen LogP contribution in [0.1, 0.15) is 18.5 Å². The monoisotopic (exact) mass is 523 g/mol. The van der Waals surface area contributed by atoms with E-state index in [0.717, 1.165) is 31.6 Å². The SMILES string of the molecule is Cc1nn(-c2c(Cl)cccc2Cl)c(=O)c2cnc(Nc3ccc(N4CCC(N(C)C)CC4)cc3)nc12. The third kappa shape index (κ3) is 4.76. The highest BCUT2D eigenvalue weighted by Crippen LogP contribution is 2.28. The van der Waals surface area contributed by atoms with Crippen LogP contribution in [0.2, 0.25) is 10.0 Å². The van der Waals surface area contributed by atoms with Gasteiger partial charge < -0.3 is 15.1 Å². The van der Waals surface area contributed by atoms with Crippen molar-refractivity contribution in [1.29, 1.82) is 0 Å². The molecule has 0 spiro atoms. The zero-order chi connectivity index (χ0) is 25.4. The Bertz CT molecular complexity index is 1440. The molecule has 1 saturated heterocycles. The molecule has 2 aromatic heterocycles. The van der Waals surface area contributed by atoms with Crippen LogP contribution in [0.3, 0.4) is 0 Å². The van der Waals surface area contributed by atoms with Crippen LogP contribution in [-0.2, 0) is 0 Å². The second kappa shape index (κ2) is 10.0. The van der Waals surface area contributed by atoms with Crippen LogP contribution in [0.4, 0.5) is 17.3 Å². The van der Waals surface area contributed by atoms with Crippen molar-refractivity contribution >= 4 is 51.4 Å². The van der Waals surface area contributed by atoms with Gasteiger partial charge in [0.15, 0.2) is 0 Å². The maximum atomic E-state index is 13.2. The Hall–Kier alpha value is -3.20. The summed E-state index contributed by atoms with van der Waals surface area (Å²) in [4.78, 5) is 26.9. The van der Waals surface area contributed by atoms with E-state index in [-0.39, 0.29) is 5.56 Å². The molecule has 10 heteroatoms. The highest BCUT2D eigenvalue weighted by molar-refractivity contribution is 6.37. The van der Waals surface area contributed by atoms with Gasteiger partial charge in [0, 0.05) is 36.7 Å². The molecule has 1 fully saturated rings. The number of hydrogen-bond donors (Lipinski definition) is 1. The minimum Gasteiger partial charge on any atom is -0.371 e. The van der Waals surface area contributed by atoms with Gasteiger partial charge in [-0.2, -0.15) is 9.78 Å². The van der Waals surface area contributed by atoms with Crippen molar-refractivity contribution in [2.24, 2.45) is 0 Å². The number of nitrogens with zero attached hydrogens (tertiary/aromatic N) is 6. The third-order valence-electron chi connectivity index (χ3n) is 6.64. The fourth-order valence-corrected chi connectivity index (χ4v) is 5.16. The molecule has 0 aliphatic carbocycles. The van der Waals surface area contributed by atoms with Crippen LogP contribution in [0, 0.1) is 6.92 Å². The summed E-state index contributed by atoms with van der Waals surface area (Å²) in [6.45, 7) is 3.88. The predicted molar refractivity (Wildman–Crippen MR) is 146 cm³/mol. The standard InChI is InChI=1S/C26H27Cl2N7O/c1-16-23-20(25(36)35(32-16)24-21(27)5-4-6-22(24)28)15-29-26(31-23)30-17-7-9-19(10-8-17)34-13-11-18(12-14-34)33(2)3/h4-10,15,18H,11-14H2,1-3H3,(H,29,30,31). The third-order valence-corrected chi connectivity index (χ3v) is 7.25. The fraction of sp³-hybridized carbons (Fsp3) is 0.308. The van der Waals surface area contributed by atoms with E-state index in [4.69, 9.17) is 23.2 Å². The molecule has 8 nitrogen and oxygen atoms in total. The van der Waals surface area contributed by atoms with Gasteiger partial charge in [-0.05, 0) is 70.3 Å². The molecule has 0 bridgehead atoms. The van der Waals surface area contributed by atoms with Gasteiger partial charge in [-0.1, -0.05) is 29.3 Å². The average molecular weight is 524 g/mol. The number of aromatic nitrogens is 4. The Morgan fingerprint density at radius 1 is 1.03 bits per heavy atom. The molecule has 4 aromatic rings. The zero-order valence-corrected chi connectivity index (χ0v) is 21.9. The second-order valence-electron chi connectivity index (χ2n) is 9.18. The summed E-state index contributed by atoms with van der Waals surface area (Å²) in [6.07, 6.45) is 3.83. The number of benzene rings is 2. The lowest BCUT2D eigenvalue weighted by Gasteiger charge is -2.36. The van der Waals surface area contributed by atoms with E-state index in [2.05, 4.69) is 56.4 Å². The van der Waals surface area contributed by atoms with E-state index in [0.29, 0.717) is 44.3 Å². The number of hydrogen-bond acceptors (Lipinski definition) is 7. The Kier molecular flexibility index (Phi) is 6.83. The van der Waals surface area contributed by atoms with Crippen LogP contribution in [0.25, 0.3) is 16.6 Å². The molecule has 0 unspecified atom stereocenters. The van der Waals surface area contributed by atoms with Crippen molar-refractivity contribution in [2.45, 2.75) is 25.8 Å². The van der Waals surface area contributed by atoms with Crippen molar-refractivity contribution in [3.63, 3.8) is 0 Å². The summed E-state index contributed by atoms with van der Waals surface area (Å²) < 4.78 is 1.21. The number of anilines is 3. The van der Waals surface area contributed by atoms with E-state index in [1.54, 1.807) is 25.1 Å². The van der Waals surface area contributed by atoms with Crippen molar-refractivity contribution in [3.05, 3.63) is 74.8 Å². The first-order chi connectivity index (χ1) is 17.3. The molecular formula is C26H27Cl2N7O. The number of aryl methyl sites for hydroxylation is 1. The summed E-state index contributed by atoms with van der Waals surface area (Å²) in [5, 5.41) is 8.66. The second-order valence-corrected chi connectivity index (χ2v) is 10.00. The van der Waals surface area contributed by atoms with Gasteiger partial charge in [-0.3, -0.25) is 4.79 Å². The molecule has 0 radical (unpaired) electrons. The molecule has 2 aromatic carbocycles. The molecular weight excluding hydrogens is 497 g/mol. The number of nitrogens with one attached hydrogen (secondary N) is 1. The largest absolute Gasteiger partial charge is 0.371 e. The van der Waals surface area contributed by atoms with E-state index >= 15 is 0 Å².